The van der Waals surface area contributed by atoms with Gasteiger partial charge in [-0.15, -0.1) is 5.10 Å². The number of carbonyl (C=O) groups is 1. The molecule has 0 atom stereocenters. The van der Waals surface area contributed by atoms with Crippen LogP contribution in [-0.4, -0.2) is 45.5 Å². The monoisotopic (exact) mass is 691 g/mol. The van der Waals surface area contributed by atoms with Gasteiger partial charge in [0, 0.05) is 40.9 Å². The number of unbranched alkanes of at least 4 members (excludes halogenated alkanes) is 1. The summed E-state index contributed by atoms with van der Waals surface area (Å²) in [6.45, 7) is 2.93. The van der Waals surface area contributed by atoms with Gasteiger partial charge in [0.1, 0.15) is 11.4 Å². The first kappa shape index (κ1) is 35.6. The smallest absolute Gasteiger partial charge is 0.494 e. The van der Waals surface area contributed by atoms with Gasteiger partial charge in [-0.25, -0.2) is 0 Å². The molecule has 2 aromatic heterocycles. The van der Waals surface area contributed by atoms with E-state index in [4.69, 9.17) is 21.1 Å². The van der Waals surface area contributed by atoms with Crippen LogP contribution in [0.4, 0.5) is 5.69 Å². The topological polar surface area (TPSA) is 91.2 Å². The fourth-order valence-corrected chi connectivity index (χ4v) is 4.93. The van der Waals surface area contributed by atoms with Gasteiger partial charge in [0.05, 0.1) is 31.5 Å². The molecule has 0 bridgehead atoms. The maximum Gasteiger partial charge on any atom is 2.00 e. The molecule has 0 fully saturated rings. The number of allylic oxidation sites excluding steroid dienone is 10. The number of anilines is 1. The Hall–Kier alpha value is -4.27. The third-order valence-corrected chi connectivity index (χ3v) is 7.41. The van der Waals surface area contributed by atoms with Crippen LogP contribution in [0.2, 0.25) is 5.02 Å². The molecule has 8 nitrogen and oxygen atoms in total. The van der Waals surface area contributed by atoms with Crippen LogP contribution in [0.5, 0.6) is 5.75 Å². The normalized spacial score (nSPS) is 13.0. The summed E-state index contributed by atoms with van der Waals surface area (Å²) in [5, 5.41) is 13.5. The van der Waals surface area contributed by atoms with Crippen LogP contribution in [0.3, 0.4) is 0 Å². The summed E-state index contributed by atoms with van der Waals surface area (Å²) in [5.74, 6) is 0.736. The number of rotatable bonds is 15. The van der Waals surface area contributed by atoms with Gasteiger partial charge in [0.2, 0.25) is 0 Å². The van der Waals surface area contributed by atoms with Gasteiger partial charge >= 0.3 is 17.1 Å². The SMILES string of the molecule is C1=CCC=C1.O=C(/C=C/C1=CCC=C1)c1ccc(OCCCCn2cc(COCCNc3ccnc4cc(Cl)ccc34)nn2)cc1.[Fe+2]. The number of nitrogens with one attached hydrogen (secondary N) is 1. The Balaban J connectivity index is 0.000000762. The van der Waals surface area contributed by atoms with E-state index in [9.17, 15) is 4.79 Å². The predicted octanol–water partition coefficient (Wildman–Crippen LogP) is 8.09. The number of hydrogen-bond donors (Lipinski definition) is 1. The zero-order valence-corrected chi connectivity index (χ0v) is 27.9. The summed E-state index contributed by atoms with van der Waals surface area (Å²) in [7, 11) is 0. The number of ketones is 1. The maximum atomic E-state index is 12.3. The number of halogens is 1. The molecule has 6 rings (SSSR count). The van der Waals surface area contributed by atoms with Gasteiger partial charge < -0.3 is 14.8 Å². The molecule has 2 heterocycles. The Labute approximate surface area is 291 Å². The van der Waals surface area contributed by atoms with Crippen molar-refractivity contribution in [1.82, 2.24) is 20.0 Å². The van der Waals surface area contributed by atoms with Crippen LogP contribution in [0.1, 0.15) is 41.7 Å². The maximum absolute atomic E-state index is 12.3. The average molecular weight is 692 g/mol. The van der Waals surface area contributed by atoms with Gasteiger partial charge in [-0.2, -0.15) is 0 Å². The van der Waals surface area contributed by atoms with E-state index < -0.39 is 0 Å². The van der Waals surface area contributed by atoms with E-state index in [1.165, 1.54) is 0 Å². The second kappa shape index (κ2) is 19.4. The van der Waals surface area contributed by atoms with Crippen LogP contribution in [0.25, 0.3) is 10.9 Å². The van der Waals surface area contributed by atoms with E-state index in [2.05, 4.69) is 57.1 Å². The van der Waals surface area contributed by atoms with Crippen molar-refractivity contribution in [3.63, 3.8) is 0 Å². The predicted molar refractivity (Wildman–Crippen MR) is 184 cm³/mol. The summed E-state index contributed by atoms with van der Waals surface area (Å²) in [6, 6.07) is 14.9. The molecule has 4 aromatic rings. The van der Waals surface area contributed by atoms with E-state index >= 15 is 0 Å². The molecule has 2 aliphatic rings. The Kier molecular flexibility index (Phi) is 14.7. The van der Waals surface area contributed by atoms with Crippen molar-refractivity contribution in [1.29, 1.82) is 0 Å². The van der Waals surface area contributed by atoms with Crippen molar-refractivity contribution in [2.45, 2.75) is 38.8 Å². The van der Waals surface area contributed by atoms with Gasteiger partial charge in [0.25, 0.3) is 0 Å². The van der Waals surface area contributed by atoms with E-state index in [0.717, 1.165) is 65.8 Å². The van der Waals surface area contributed by atoms with E-state index in [-0.39, 0.29) is 22.9 Å². The molecule has 2 aliphatic carbocycles. The zero-order chi connectivity index (χ0) is 31.8. The fourth-order valence-electron chi connectivity index (χ4n) is 4.77. The zero-order valence-electron chi connectivity index (χ0n) is 26.1. The number of aryl methyl sites for hydroxylation is 1. The van der Waals surface area contributed by atoms with Crippen LogP contribution in [0.15, 0.2) is 121 Å². The summed E-state index contributed by atoms with van der Waals surface area (Å²) >= 11 is 6.06. The van der Waals surface area contributed by atoms with Crippen LogP contribution >= 0.6 is 11.6 Å². The minimum Gasteiger partial charge on any atom is -0.494 e. The Bertz CT molecular complexity index is 1730. The van der Waals surface area contributed by atoms with Crippen LogP contribution in [-0.2, 0) is 35.0 Å². The first-order valence-corrected chi connectivity index (χ1v) is 15.9. The second-order valence-corrected chi connectivity index (χ2v) is 11.1. The Morgan fingerprint density at radius 3 is 2.62 bits per heavy atom. The number of aromatic nitrogens is 4. The molecule has 0 saturated carbocycles. The number of hydrogen-bond acceptors (Lipinski definition) is 7. The van der Waals surface area contributed by atoms with Crippen molar-refractivity contribution in [3.8, 4) is 5.75 Å². The summed E-state index contributed by atoms with van der Waals surface area (Å²) in [5.41, 5.74) is 4.36. The Morgan fingerprint density at radius 2 is 1.85 bits per heavy atom. The minimum atomic E-state index is -0.0169. The van der Waals surface area contributed by atoms with Gasteiger partial charge in [-0.05, 0) is 85.9 Å². The molecule has 2 aromatic carbocycles. The average Bonchev–Trinajstić information content (AvgIpc) is 3.89. The van der Waals surface area contributed by atoms with Crippen molar-refractivity contribution in [3.05, 3.63) is 137 Å². The van der Waals surface area contributed by atoms with Crippen molar-refractivity contribution < 1.29 is 31.3 Å². The van der Waals surface area contributed by atoms with Crippen LogP contribution < -0.4 is 10.1 Å². The van der Waals surface area contributed by atoms with E-state index in [0.29, 0.717) is 37.0 Å². The quantitative estimate of drug-likeness (QED) is 0.0583. The largest absolute Gasteiger partial charge is 2.00 e. The third kappa shape index (κ3) is 11.8. The number of benzene rings is 2. The standard InChI is InChI=1S/C32H32ClN5O3.C5H6.Fe/c33-26-10-13-29-30(15-16-34-31(29)21-26)35-17-20-40-23-27-22-38(37-36-27)18-3-4-19-41-28-11-8-25(9-12-28)32(39)14-7-24-5-1-2-6-24;1-2-4-5-3-1;/h1,5-16,21-22H,2-4,17-20,23H2,(H,34,35);1-4H,5H2;/q;;+2/b14-7+;;. The second-order valence-electron chi connectivity index (χ2n) is 10.7. The number of pyridine rings is 1. The molecule has 0 amide bonds. The minimum absolute atomic E-state index is 0. The number of nitrogens with zero attached hydrogens (tertiary/aromatic N) is 4. The molecular weight excluding hydrogens is 654 g/mol. The fraction of sp³-hybridized carbons (Fsp3) is 0.243. The summed E-state index contributed by atoms with van der Waals surface area (Å²) < 4.78 is 13.4. The summed E-state index contributed by atoms with van der Waals surface area (Å²) in [4.78, 5) is 16.7. The Morgan fingerprint density at radius 1 is 1.00 bits per heavy atom. The number of ether oxygens (including phenoxy) is 2. The molecule has 1 N–H and O–H groups in total. The van der Waals surface area contributed by atoms with Gasteiger partial charge in [-0.3, -0.25) is 14.5 Å². The van der Waals surface area contributed by atoms with E-state index in [1.807, 2.05) is 59.4 Å². The summed E-state index contributed by atoms with van der Waals surface area (Å²) in [6.07, 6.45) is 25.5. The molecule has 10 heteroatoms. The number of fused-ring (bicyclic) bond motifs is 1. The molecule has 0 spiro atoms. The first-order chi connectivity index (χ1) is 22.6. The van der Waals surface area contributed by atoms with Gasteiger partial charge in [-0.1, -0.05) is 65.4 Å². The first-order valence-electron chi connectivity index (χ1n) is 15.5. The van der Waals surface area contributed by atoms with Crippen molar-refractivity contribution in [2.24, 2.45) is 0 Å². The molecular formula is C37H38ClFeN5O3+2. The third-order valence-electron chi connectivity index (χ3n) is 7.17. The van der Waals surface area contributed by atoms with Crippen molar-refractivity contribution >= 4 is 34.0 Å². The molecule has 0 unspecified atom stereocenters. The molecule has 0 radical (unpaired) electrons. The van der Waals surface area contributed by atoms with E-state index in [1.54, 1.807) is 24.4 Å². The van der Waals surface area contributed by atoms with Gasteiger partial charge in [0.15, 0.2) is 5.78 Å². The molecule has 47 heavy (non-hydrogen) atoms. The van der Waals surface area contributed by atoms with Crippen molar-refractivity contribution in [2.75, 3.05) is 25.1 Å². The van der Waals surface area contributed by atoms with Crippen LogP contribution in [0, 0.1) is 0 Å². The molecule has 242 valence electrons. The molecule has 0 aliphatic heterocycles. The number of carbonyl (C=O) groups excluding carboxylic acids is 1. The molecule has 0 saturated heterocycles.